The van der Waals surface area contributed by atoms with Gasteiger partial charge in [-0.2, -0.15) is 0 Å². The summed E-state index contributed by atoms with van der Waals surface area (Å²) in [6, 6.07) is 0. The second-order valence-electron chi connectivity index (χ2n) is 10.9. The van der Waals surface area contributed by atoms with Crippen LogP contribution in [0.4, 0.5) is 8.78 Å². The van der Waals surface area contributed by atoms with E-state index in [1.165, 1.54) is 19.1 Å². The molecular weight excluding hydrogens is 505 g/mol. The van der Waals surface area contributed by atoms with E-state index in [0.29, 0.717) is 0 Å². The largest absolute Gasteiger partial charge is 0.460 e. The number of hydrogen-bond acceptors (Lipinski definition) is 6. The van der Waals surface area contributed by atoms with Crippen molar-refractivity contribution in [2.24, 2.45) is 22.7 Å². The lowest BCUT2D eigenvalue weighted by Gasteiger charge is -2.63. The summed E-state index contributed by atoms with van der Waals surface area (Å²) in [4.78, 5) is 36.3. The molecule has 0 radical (unpaired) electrons. The van der Waals surface area contributed by atoms with Gasteiger partial charge in [-0.05, 0) is 70.1 Å². The summed E-state index contributed by atoms with van der Waals surface area (Å²) in [5, 5.41) is 11.4. The molecule has 0 saturated heterocycles. The lowest BCUT2D eigenvalue weighted by atomic mass is 9.44. The van der Waals surface area contributed by atoms with Crippen molar-refractivity contribution in [1.29, 1.82) is 0 Å². The van der Waals surface area contributed by atoms with Crippen LogP contribution in [0.5, 0.6) is 0 Å². The molecule has 0 amide bonds. The zero-order valence-corrected chi connectivity index (χ0v) is 21.5. The fourth-order valence-corrected chi connectivity index (χ4v) is 7.35. The molecular formula is C25H30Cl2F2O6. The quantitative estimate of drug-likeness (QED) is 0.426. The Kier molecular flexibility index (Phi) is 6.46. The molecule has 3 saturated carbocycles. The van der Waals surface area contributed by atoms with E-state index < -0.39 is 74.9 Å². The molecule has 1 N–H and O–H groups in total. The minimum absolute atomic E-state index is 0.00781. The highest BCUT2D eigenvalue weighted by Gasteiger charge is 2.77. The first-order valence-electron chi connectivity index (χ1n) is 11.8. The fraction of sp³-hybridized carbons (Fsp3) is 0.720. The van der Waals surface area contributed by atoms with Crippen molar-refractivity contribution >= 4 is 40.9 Å². The molecule has 0 aromatic rings. The number of carbonyl (C=O) groups is 3. The number of ether oxygens (including phenoxy) is 2. The van der Waals surface area contributed by atoms with Gasteiger partial charge in [0.1, 0.15) is 6.17 Å². The van der Waals surface area contributed by atoms with Crippen LogP contribution >= 0.6 is 23.2 Å². The summed E-state index contributed by atoms with van der Waals surface area (Å²) in [6.07, 6.45) is -0.502. The summed E-state index contributed by atoms with van der Waals surface area (Å²) in [6.45, 7) is 6.40. The minimum atomic E-state index is -2.31. The first-order valence-corrected chi connectivity index (χ1v) is 12.7. The van der Waals surface area contributed by atoms with Crippen molar-refractivity contribution in [2.45, 2.75) is 87.9 Å². The minimum Gasteiger partial charge on any atom is -0.460 e. The molecule has 8 atom stereocenters. The predicted octanol–water partition coefficient (Wildman–Crippen LogP) is 4.34. The maximum atomic E-state index is 17.2. The van der Waals surface area contributed by atoms with Crippen molar-refractivity contribution in [3.63, 3.8) is 0 Å². The van der Waals surface area contributed by atoms with E-state index in [9.17, 15) is 19.5 Å². The molecule has 0 spiro atoms. The van der Waals surface area contributed by atoms with E-state index in [1.807, 2.05) is 0 Å². The second-order valence-corrected chi connectivity index (χ2v) is 12.0. The van der Waals surface area contributed by atoms with Gasteiger partial charge in [-0.3, -0.25) is 4.79 Å². The van der Waals surface area contributed by atoms with Gasteiger partial charge in [-0.15, -0.1) is 0 Å². The van der Waals surface area contributed by atoms with E-state index in [-0.39, 0.29) is 31.3 Å². The van der Waals surface area contributed by atoms with Gasteiger partial charge in [0, 0.05) is 16.7 Å². The summed E-state index contributed by atoms with van der Waals surface area (Å²) in [5.41, 5.74) is -7.03. The van der Waals surface area contributed by atoms with Crippen molar-refractivity contribution in [2.75, 3.05) is 0 Å². The van der Waals surface area contributed by atoms with E-state index >= 15 is 8.78 Å². The second kappa shape index (κ2) is 8.52. The molecule has 0 bridgehead atoms. The van der Waals surface area contributed by atoms with Gasteiger partial charge >= 0.3 is 11.9 Å². The Bertz CT molecular complexity index is 1010. The third kappa shape index (κ3) is 3.53. The maximum Gasteiger partial charge on any atom is 0.351 e. The summed E-state index contributed by atoms with van der Waals surface area (Å²) in [5.74, 6) is -3.99. The maximum absolute atomic E-state index is 17.2. The van der Waals surface area contributed by atoms with Gasteiger partial charge in [-0.1, -0.05) is 36.2 Å². The first-order chi connectivity index (χ1) is 16.1. The summed E-state index contributed by atoms with van der Waals surface area (Å²) < 4.78 is 43.8. The number of hydrogen-bond donors (Lipinski definition) is 1. The Morgan fingerprint density at radius 1 is 1.23 bits per heavy atom. The molecule has 6 nitrogen and oxygen atoms in total. The summed E-state index contributed by atoms with van der Waals surface area (Å²) in [7, 11) is 0. The van der Waals surface area contributed by atoms with Gasteiger partial charge in [0.2, 0.25) is 10.4 Å². The zero-order valence-electron chi connectivity index (χ0n) is 20.0. The SMILES string of the molecule is CC(C)OC(=O)[C@@]1(OC(=O)C(Cl)Cl)CC[C@H]2[C@@H]3C[C@H](F)C4=CC(=O)C=C[C@]4(C)[C@@]3(F)[C@@H](O)C[C@@]21C. The lowest BCUT2D eigenvalue weighted by Crippen LogP contribution is -2.70. The van der Waals surface area contributed by atoms with Crippen LogP contribution in [0.25, 0.3) is 0 Å². The van der Waals surface area contributed by atoms with Crippen LogP contribution in [0.1, 0.15) is 53.4 Å². The van der Waals surface area contributed by atoms with Crippen molar-refractivity contribution in [3.05, 3.63) is 23.8 Å². The number of carbonyl (C=O) groups excluding carboxylic acids is 3. The number of ketones is 1. The normalized spacial score (nSPS) is 44.4. The average Bonchev–Trinajstić information content (AvgIpc) is 3.04. The Hall–Kier alpha value is -1.51. The Labute approximate surface area is 213 Å². The lowest BCUT2D eigenvalue weighted by molar-refractivity contribution is -0.236. The Morgan fingerprint density at radius 3 is 2.49 bits per heavy atom. The van der Waals surface area contributed by atoms with Crippen molar-refractivity contribution < 1.29 is 37.7 Å². The Morgan fingerprint density at radius 2 is 1.89 bits per heavy atom. The van der Waals surface area contributed by atoms with E-state index in [1.54, 1.807) is 20.8 Å². The third-order valence-electron chi connectivity index (χ3n) is 8.87. The van der Waals surface area contributed by atoms with Crippen LogP contribution in [0.3, 0.4) is 0 Å². The number of fused-ring (bicyclic) bond motifs is 5. The van der Waals surface area contributed by atoms with Crippen molar-refractivity contribution in [1.82, 2.24) is 0 Å². The van der Waals surface area contributed by atoms with Crippen molar-refractivity contribution in [3.8, 4) is 0 Å². The monoisotopic (exact) mass is 534 g/mol. The van der Waals surface area contributed by atoms with Gasteiger partial charge in [0.05, 0.1) is 12.2 Å². The first kappa shape index (κ1) is 26.6. The molecule has 4 aliphatic rings. The van der Waals surface area contributed by atoms with E-state index in [4.69, 9.17) is 32.7 Å². The van der Waals surface area contributed by atoms with Gasteiger partial charge in [0.15, 0.2) is 11.5 Å². The van der Waals surface area contributed by atoms with Crippen LogP contribution < -0.4 is 0 Å². The number of rotatable bonds is 4. The van der Waals surface area contributed by atoms with Gasteiger partial charge in [-0.25, -0.2) is 18.4 Å². The average molecular weight is 535 g/mol. The smallest absolute Gasteiger partial charge is 0.351 e. The van der Waals surface area contributed by atoms with Crippen LogP contribution in [0.15, 0.2) is 23.8 Å². The third-order valence-corrected chi connectivity index (χ3v) is 9.23. The number of allylic oxidation sites excluding steroid dienone is 4. The molecule has 3 fully saturated rings. The number of aliphatic hydroxyl groups is 1. The van der Waals surface area contributed by atoms with E-state index in [2.05, 4.69) is 0 Å². The fourth-order valence-electron chi connectivity index (χ4n) is 7.26. The predicted molar refractivity (Wildman–Crippen MR) is 124 cm³/mol. The molecule has 0 unspecified atom stereocenters. The highest BCUT2D eigenvalue weighted by atomic mass is 35.5. The number of aliphatic hydroxyl groups excluding tert-OH is 1. The molecule has 0 aromatic heterocycles. The Balaban J connectivity index is 1.83. The van der Waals surface area contributed by atoms with Crippen LogP contribution in [-0.2, 0) is 23.9 Å². The zero-order chi connectivity index (χ0) is 26.1. The molecule has 0 aromatic carbocycles. The number of alkyl halides is 4. The standard InChI is InChI=1S/C25H30Cl2F2O6/c1-12(2)34-21(33)24(35-20(32)19(26)27)8-6-14-15-10-17(28)16-9-13(30)5-7-22(16,3)25(15,29)18(31)11-23(14,24)4/h5,7,9,12,14-15,17-19,31H,6,8,10-11H2,1-4H3/t14-,15-,17-,18-,22-,23-,24-,25-/m0/s1. The van der Waals surface area contributed by atoms with Crippen LogP contribution in [0, 0.1) is 22.7 Å². The number of esters is 2. The van der Waals surface area contributed by atoms with Crippen LogP contribution in [0.2, 0.25) is 0 Å². The topological polar surface area (TPSA) is 89.9 Å². The molecule has 194 valence electrons. The molecule has 4 rings (SSSR count). The molecule has 4 aliphatic carbocycles. The molecule has 35 heavy (non-hydrogen) atoms. The van der Waals surface area contributed by atoms with E-state index in [0.717, 1.165) is 6.08 Å². The highest BCUT2D eigenvalue weighted by Crippen LogP contribution is 2.70. The van der Waals surface area contributed by atoms with Crippen LogP contribution in [-0.4, -0.2) is 57.3 Å². The summed E-state index contributed by atoms with van der Waals surface area (Å²) >= 11 is 11.5. The van der Waals surface area contributed by atoms with Gasteiger partial charge < -0.3 is 14.6 Å². The molecule has 0 aliphatic heterocycles. The highest BCUT2D eigenvalue weighted by molar-refractivity contribution is 6.53. The van der Waals surface area contributed by atoms with Gasteiger partial charge in [0.25, 0.3) is 0 Å². The molecule has 10 heteroatoms. The molecule has 0 heterocycles. The number of halogens is 4.